The number of nitrogen functional groups attached to an aromatic ring is 1. The van der Waals surface area contributed by atoms with Crippen molar-refractivity contribution in [3.05, 3.63) is 17.8 Å². The van der Waals surface area contributed by atoms with E-state index >= 15 is 0 Å². The number of rotatable bonds is 2. The molecular formula is C17H25N3. The van der Waals surface area contributed by atoms with E-state index in [1.165, 1.54) is 32.1 Å². The van der Waals surface area contributed by atoms with Gasteiger partial charge in [0.25, 0.3) is 0 Å². The molecule has 4 fully saturated rings. The summed E-state index contributed by atoms with van der Waals surface area (Å²) in [5.74, 6) is 4.78. The summed E-state index contributed by atoms with van der Waals surface area (Å²) in [4.78, 5) is 7.02. The highest BCUT2D eigenvalue weighted by atomic mass is 15.2. The average molecular weight is 271 g/mol. The maximum Gasteiger partial charge on any atom is 0.151 e. The largest absolute Gasteiger partial charge is 0.396 e. The third-order valence-corrected chi connectivity index (χ3v) is 5.99. The van der Waals surface area contributed by atoms with Gasteiger partial charge in [-0.1, -0.05) is 0 Å². The van der Waals surface area contributed by atoms with Crippen LogP contribution in [0.4, 0.5) is 11.5 Å². The van der Waals surface area contributed by atoms with Gasteiger partial charge in [-0.05, 0) is 74.3 Å². The van der Waals surface area contributed by atoms with E-state index in [2.05, 4.69) is 29.9 Å². The molecule has 0 aromatic carbocycles. The predicted octanol–water partition coefficient (Wildman–Crippen LogP) is 3.23. The minimum absolute atomic E-state index is 0.667. The Balaban J connectivity index is 1.63. The molecule has 1 aromatic rings. The molecule has 4 aliphatic carbocycles. The van der Waals surface area contributed by atoms with Crippen molar-refractivity contribution in [3.63, 3.8) is 0 Å². The van der Waals surface area contributed by atoms with Crippen molar-refractivity contribution in [2.75, 3.05) is 17.7 Å². The standard InChI is InChI=1S/C17H25N3/c1-10-3-15(18)17(19-9-10)20(2)16-13-5-11-4-12(7-13)8-14(16)6-11/h3,9,11-14,16H,4-8,18H2,1-2H3. The Bertz CT molecular complexity index is 497. The van der Waals surface area contributed by atoms with Gasteiger partial charge in [0.1, 0.15) is 0 Å². The van der Waals surface area contributed by atoms with Crippen molar-refractivity contribution in [1.82, 2.24) is 4.98 Å². The third-order valence-electron chi connectivity index (χ3n) is 5.99. The van der Waals surface area contributed by atoms with E-state index in [0.29, 0.717) is 6.04 Å². The zero-order chi connectivity index (χ0) is 13.9. The Hall–Kier alpha value is -1.25. The zero-order valence-corrected chi connectivity index (χ0v) is 12.5. The molecule has 0 spiro atoms. The highest BCUT2D eigenvalue weighted by Crippen LogP contribution is 2.55. The average Bonchev–Trinajstić information content (AvgIpc) is 2.37. The lowest BCUT2D eigenvalue weighted by atomic mass is 9.54. The Morgan fingerprint density at radius 1 is 1.10 bits per heavy atom. The monoisotopic (exact) mass is 271 g/mol. The maximum absolute atomic E-state index is 6.21. The van der Waals surface area contributed by atoms with Crippen molar-refractivity contribution >= 4 is 11.5 Å². The minimum Gasteiger partial charge on any atom is -0.396 e. The maximum atomic E-state index is 6.21. The van der Waals surface area contributed by atoms with E-state index in [1.807, 2.05) is 6.20 Å². The van der Waals surface area contributed by atoms with Crippen LogP contribution in [-0.2, 0) is 0 Å². The van der Waals surface area contributed by atoms with Crippen LogP contribution < -0.4 is 10.6 Å². The van der Waals surface area contributed by atoms with Crippen molar-refractivity contribution in [3.8, 4) is 0 Å². The SMILES string of the molecule is Cc1cnc(N(C)C2C3CC4CC(C3)CC2C4)c(N)c1. The Labute approximate surface area is 121 Å². The normalized spacial score (nSPS) is 38.2. The van der Waals surface area contributed by atoms with Crippen molar-refractivity contribution in [2.45, 2.75) is 45.1 Å². The van der Waals surface area contributed by atoms with E-state index in [9.17, 15) is 0 Å². The van der Waals surface area contributed by atoms with Crippen molar-refractivity contribution < 1.29 is 0 Å². The highest BCUT2D eigenvalue weighted by Gasteiger charge is 2.49. The lowest BCUT2D eigenvalue weighted by molar-refractivity contribution is -0.00138. The van der Waals surface area contributed by atoms with E-state index in [1.54, 1.807) is 0 Å². The van der Waals surface area contributed by atoms with Crippen molar-refractivity contribution in [1.29, 1.82) is 0 Å². The van der Waals surface area contributed by atoms with E-state index in [4.69, 9.17) is 5.73 Å². The van der Waals surface area contributed by atoms with Crippen LogP contribution in [0.15, 0.2) is 12.3 Å². The van der Waals surface area contributed by atoms with Crippen LogP contribution >= 0.6 is 0 Å². The molecule has 0 saturated heterocycles. The molecule has 4 saturated carbocycles. The lowest BCUT2D eigenvalue weighted by Crippen LogP contribution is -2.55. The van der Waals surface area contributed by atoms with Gasteiger partial charge in [-0.25, -0.2) is 4.98 Å². The molecule has 1 aromatic heterocycles. The van der Waals surface area contributed by atoms with E-state index < -0.39 is 0 Å². The van der Waals surface area contributed by atoms with Gasteiger partial charge < -0.3 is 10.6 Å². The number of aryl methyl sites for hydroxylation is 1. The summed E-state index contributed by atoms with van der Waals surface area (Å²) in [6.45, 7) is 2.05. The lowest BCUT2D eigenvalue weighted by Gasteiger charge is -2.56. The molecule has 0 aliphatic heterocycles. The quantitative estimate of drug-likeness (QED) is 0.898. The number of aromatic nitrogens is 1. The van der Waals surface area contributed by atoms with Crippen LogP contribution in [0.2, 0.25) is 0 Å². The number of hydrogen-bond acceptors (Lipinski definition) is 3. The summed E-state index contributed by atoms with van der Waals surface area (Å²) in [5, 5.41) is 0. The molecule has 0 unspecified atom stereocenters. The molecule has 4 bridgehead atoms. The first-order chi connectivity index (χ1) is 9.61. The third kappa shape index (κ3) is 1.82. The fourth-order valence-electron chi connectivity index (χ4n) is 5.55. The van der Waals surface area contributed by atoms with Gasteiger partial charge in [0.15, 0.2) is 5.82 Å². The van der Waals surface area contributed by atoms with Crippen LogP contribution in [0.25, 0.3) is 0 Å². The van der Waals surface area contributed by atoms with Crippen molar-refractivity contribution in [2.24, 2.45) is 23.7 Å². The molecule has 0 radical (unpaired) electrons. The first-order valence-corrected chi connectivity index (χ1v) is 8.06. The summed E-state index contributed by atoms with van der Waals surface area (Å²) < 4.78 is 0. The second-order valence-corrected chi connectivity index (χ2v) is 7.46. The molecule has 0 amide bonds. The molecular weight excluding hydrogens is 246 g/mol. The Morgan fingerprint density at radius 2 is 1.70 bits per heavy atom. The molecule has 108 valence electrons. The number of nitrogens with zero attached hydrogens (tertiary/aromatic N) is 2. The fraction of sp³-hybridized carbons (Fsp3) is 0.706. The molecule has 1 heterocycles. The van der Waals surface area contributed by atoms with E-state index in [-0.39, 0.29) is 0 Å². The molecule has 3 nitrogen and oxygen atoms in total. The van der Waals surface area contributed by atoms with Crippen LogP contribution in [0.3, 0.4) is 0 Å². The number of anilines is 2. The number of nitrogens with two attached hydrogens (primary N) is 1. The molecule has 3 heteroatoms. The first-order valence-electron chi connectivity index (χ1n) is 8.06. The van der Waals surface area contributed by atoms with Crippen LogP contribution in [0.5, 0.6) is 0 Å². The fourth-order valence-corrected chi connectivity index (χ4v) is 5.55. The summed E-state index contributed by atoms with van der Waals surface area (Å²) in [6, 6.07) is 2.72. The van der Waals surface area contributed by atoms with Gasteiger partial charge in [-0.15, -0.1) is 0 Å². The van der Waals surface area contributed by atoms with Gasteiger partial charge in [0, 0.05) is 19.3 Å². The molecule has 20 heavy (non-hydrogen) atoms. The second kappa shape index (κ2) is 4.37. The topological polar surface area (TPSA) is 42.2 Å². The summed E-state index contributed by atoms with van der Waals surface area (Å²) in [5.41, 5.74) is 8.19. The van der Waals surface area contributed by atoms with Crippen LogP contribution in [-0.4, -0.2) is 18.1 Å². The van der Waals surface area contributed by atoms with E-state index in [0.717, 1.165) is 40.7 Å². The van der Waals surface area contributed by atoms with Gasteiger partial charge in [0.2, 0.25) is 0 Å². The summed E-state index contributed by atoms with van der Waals surface area (Å²) >= 11 is 0. The Kier molecular flexibility index (Phi) is 2.73. The van der Waals surface area contributed by atoms with Crippen LogP contribution in [0.1, 0.15) is 37.7 Å². The number of hydrogen-bond donors (Lipinski definition) is 1. The summed E-state index contributed by atoms with van der Waals surface area (Å²) in [7, 11) is 2.21. The number of pyridine rings is 1. The molecule has 2 N–H and O–H groups in total. The van der Waals surface area contributed by atoms with Gasteiger partial charge in [-0.2, -0.15) is 0 Å². The smallest absolute Gasteiger partial charge is 0.151 e. The molecule has 5 rings (SSSR count). The van der Waals surface area contributed by atoms with Gasteiger partial charge in [0.05, 0.1) is 5.69 Å². The zero-order valence-electron chi connectivity index (χ0n) is 12.5. The molecule has 4 aliphatic rings. The second-order valence-electron chi connectivity index (χ2n) is 7.46. The molecule has 0 atom stereocenters. The van der Waals surface area contributed by atoms with Crippen LogP contribution in [0, 0.1) is 30.6 Å². The predicted molar refractivity (Wildman–Crippen MR) is 82.6 cm³/mol. The van der Waals surface area contributed by atoms with Gasteiger partial charge in [-0.3, -0.25) is 0 Å². The Morgan fingerprint density at radius 3 is 2.25 bits per heavy atom. The minimum atomic E-state index is 0.667. The first kappa shape index (κ1) is 12.5. The highest BCUT2D eigenvalue weighted by molar-refractivity contribution is 5.63. The van der Waals surface area contributed by atoms with Gasteiger partial charge >= 0.3 is 0 Å². The summed E-state index contributed by atoms with van der Waals surface area (Å²) in [6.07, 6.45) is 9.20.